The van der Waals surface area contributed by atoms with E-state index < -0.39 is 6.23 Å². The topological polar surface area (TPSA) is 78.4 Å². The molecule has 2 N–H and O–H groups in total. The van der Waals surface area contributed by atoms with Crippen molar-refractivity contribution in [2.24, 2.45) is 5.92 Å². The Hall–Kier alpha value is -1.89. The molecule has 156 valence electrons. The van der Waals surface area contributed by atoms with Gasteiger partial charge >= 0.3 is 0 Å². The summed E-state index contributed by atoms with van der Waals surface area (Å²) in [6, 6.07) is 7.02. The number of anilines is 2. The summed E-state index contributed by atoms with van der Waals surface area (Å²) in [4.78, 5) is 23.0. The van der Waals surface area contributed by atoms with Crippen LogP contribution in [0.3, 0.4) is 0 Å². The SMILES string of the molecule is CC(C)N(c1ccc(Cl)c(C(=O)NC(O)C2CCCCC2)c1)c1ccnc(Cl)n1. The zero-order valence-corrected chi connectivity index (χ0v) is 18.1. The normalized spacial score (nSPS) is 15.9. The van der Waals surface area contributed by atoms with E-state index in [1.807, 2.05) is 24.8 Å². The Morgan fingerprint density at radius 2 is 1.93 bits per heavy atom. The van der Waals surface area contributed by atoms with Crippen LogP contribution in [0.2, 0.25) is 10.3 Å². The lowest BCUT2D eigenvalue weighted by Gasteiger charge is -2.29. The second kappa shape index (κ2) is 9.74. The molecule has 1 aromatic heterocycles. The van der Waals surface area contributed by atoms with Crippen LogP contribution in [0.4, 0.5) is 11.5 Å². The van der Waals surface area contributed by atoms with Gasteiger partial charge < -0.3 is 15.3 Å². The third kappa shape index (κ3) is 5.38. The third-order valence-electron chi connectivity index (χ3n) is 5.22. The van der Waals surface area contributed by atoms with Crippen molar-refractivity contribution in [2.75, 3.05) is 4.90 Å². The minimum absolute atomic E-state index is 0.0471. The molecule has 1 aromatic carbocycles. The van der Waals surface area contributed by atoms with Crippen molar-refractivity contribution in [1.29, 1.82) is 0 Å². The number of hydrogen-bond donors (Lipinski definition) is 2. The second-order valence-electron chi connectivity index (χ2n) is 7.63. The number of hydrogen-bond acceptors (Lipinski definition) is 5. The number of aliphatic hydroxyl groups excluding tert-OH is 1. The number of carbonyl (C=O) groups excluding carboxylic acids is 1. The van der Waals surface area contributed by atoms with E-state index >= 15 is 0 Å². The number of benzene rings is 1. The molecule has 0 bridgehead atoms. The maximum absolute atomic E-state index is 12.8. The van der Waals surface area contributed by atoms with Crippen LogP contribution in [0.25, 0.3) is 0 Å². The third-order valence-corrected chi connectivity index (χ3v) is 5.73. The molecule has 0 radical (unpaired) electrons. The number of aromatic nitrogens is 2. The quantitative estimate of drug-likeness (QED) is 0.494. The van der Waals surface area contributed by atoms with Gasteiger partial charge in [0.05, 0.1) is 10.6 Å². The molecule has 8 heteroatoms. The summed E-state index contributed by atoms with van der Waals surface area (Å²) in [6.45, 7) is 4.02. The van der Waals surface area contributed by atoms with Crippen LogP contribution in [-0.4, -0.2) is 33.3 Å². The van der Waals surface area contributed by atoms with Crippen molar-refractivity contribution >= 4 is 40.6 Å². The standard InChI is InChI=1S/C21H26Cl2N4O2/c1-13(2)27(18-10-11-24-21(23)25-18)15-8-9-17(22)16(12-15)20(29)26-19(28)14-6-4-3-5-7-14/h8-14,19,28H,3-7H2,1-2H3,(H,26,29). The largest absolute Gasteiger partial charge is 0.373 e. The number of carbonyl (C=O) groups is 1. The first-order chi connectivity index (χ1) is 13.9. The molecule has 0 saturated heterocycles. The molecule has 1 atom stereocenters. The maximum Gasteiger partial charge on any atom is 0.254 e. The minimum Gasteiger partial charge on any atom is -0.373 e. The van der Waals surface area contributed by atoms with Gasteiger partial charge in [-0.05, 0) is 62.6 Å². The van der Waals surface area contributed by atoms with Gasteiger partial charge in [-0.1, -0.05) is 30.9 Å². The van der Waals surface area contributed by atoms with Crippen LogP contribution < -0.4 is 10.2 Å². The smallest absolute Gasteiger partial charge is 0.254 e. The van der Waals surface area contributed by atoms with Gasteiger partial charge in [-0.15, -0.1) is 0 Å². The summed E-state index contributed by atoms with van der Waals surface area (Å²) in [5.74, 6) is 0.320. The van der Waals surface area contributed by atoms with E-state index in [1.165, 1.54) is 6.42 Å². The highest BCUT2D eigenvalue weighted by atomic mass is 35.5. The van der Waals surface area contributed by atoms with Gasteiger partial charge in [-0.3, -0.25) is 4.79 Å². The molecule has 29 heavy (non-hydrogen) atoms. The van der Waals surface area contributed by atoms with Gasteiger partial charge in [-0.2, -0.15) is 0 Å². The zero-order valence-electron chi connectivity index (χ0n) is 16.6. The first-order valence-electron chi connectivity index (χ1n) is 9.93. The molecule has 1 amide bonds. The zero-order chi connectivity index (χ0) is 21.0. The fourth-order valence-corrected chi connectivity index (χ4v) is 4.12. The number of nitrogens with zero attached hydrogens (tertiary/aromatic N) is 3. The molecule has 1 heterocycles. The van der Waals surface area contributed by atoms with Crippen LogP contribution in [-0.2, 0) is 0 Å². The van der Waals surface area contributed by atoms with E-state index in [0.717, 1.165) is 31.4 Å². The van der Waals surface area contributed by atoms with Gasteiger partial charge in [0.1, 0.15) is 12.0 Å². The molecular weight excluding hydrogens is 411 g/mol. The highest BCUT2D eigenvalue weighted by Crippen LogP contribution is 2.31. The number of halogens is 2. The average Bonchev–Trinajstić information content (AvgIpc) is 2.69. The molecule has 1 aliphatic rings. The lowest BCUT2D eigenvalue weighted by atomic mass is 9.88. The van der Waals surface area contributed by atoms with Crippen LogP contribution in [0, 0.1) is 5.92 Å². The number of rotatable bonds is 6. The number of amides is 1. The average molecular weight is 437 g/mol. The first-order valence-corrected chi connectivity index (χ1v) is 10.7. The van der Waals surface area contributed by atoms with Gasteiger partial charge in [0.2, 0.25) is 5.28 Å². The number of aliphatic hydroxyl groups is 1. The van der Waals surface area contributed by atoms with Crippen molar-refractivity contribution in [3.8, 4) is 0 Å². The lowest BCUT2D eigenvalue weighted by Crippen LogP contribution is -2.41. The Balaban J connectivity index is 1.85. The Morgan fingerprint density at radius 3 is 2.59 bits per heavy atom. The summed E-state index contributed by atoms with van der Waals surface area (Å²) in [5.41, 5.74) is 1.06. The molecule has 6 nitrogen and oxygen atoms in total. The predicted molar refractivity (Wildman–Crippen MR) is 116 cm³/mol. The molecule has 1 saturated carbocycles. The van der Waals surface area contributed by atoms with E-state index in [4.69, 9.17) is 23.2 Å². The lowest BCUT2D eigenvalue weighted by molar-refractivity contribution is 0.0463. The summed E-state index contributed by atoms with van der Waals surface area (Å²) < 4.78 is 0. The summed E-state index contributed by atoms with van der Waals surface area (Å²) in [6.07, 6.45) is 5.91. The maximum atomic E-state index is 12.8. The van der Waals surface area contributed by atoms with Crippen molar-refractivity contribution in [3.05, 3.63) is 46.3 Å². The molecular formula is C21H26Cl2N4O2. The Morgan fingerprint density at radius 1 is 1.21 bits per heavy atom. The molecule has 2 aromatic rings. The highest BCUT2D eigenvalue weighted by molar-refractivity contribution is 6.34. The van der Waals surface area contributed by atoms with E-state index in [1.54, 1.807) is 24.4 Å². The van der Waals surface area contributed by atoms with Crippen LogP contribution in [0.1, 0.15) is 56.3 Å². The molecule has 0 spiro atoms. The van der Waals surface area contributed by atoms with Gasteiger partial charge in [0, 0.05) is 23.8 Å². The van der Waals surface area contributed by atoms with Crippen molar-refractivity contribution in [2.45, 2.75) is 58.2 Å². The van der Waals surface area contributed by atoms with Crippen LogP contribution in [0.5, 0.6) is 0 Å². The second-order valence-corrected chi connectivity index (χ2v) is 8.37. The van der Waals surface area contributed by atoms with Crippen molar-refractivity contribution in [3.63, 3.8) is 0 Å². The Labute approximate surface area is 181 Å². The first kappa shape index (κ1) is 21.8. The molecule has 1 aliphatic carbocycles. The Bertz CT molecular complexity index is 856. The van der Waals surface area contributed by atoms with Gasteiger partial charge in [0.15, 0.2) is 0 Å². The Kier molecular flexibility index (Phi) is 7.33. The number of nitrogens with one attached hydrogen (secondary N) is 1. The van der Waals surface area contributed by atoms with Crippen molar-refractivity contribution < 1.29 is 9.90 Å². The van der Waals surface area contributed by atoms with Crippen molar-refractivity contribution in [1.82, 2.24) is 15.3 Å². The van der Waals surface area contributed by atoms with Gasteiger partial charge in [-0.25, -0.2) is 9.97 Å². The highest BCUT2D eigenvalue weighted by Gasteiger charge is 2.25. The summed E-state index contributed by atoms with van der Waals surface area (Å²) >= 11 is 12.3. The monoisotopic (exact) mass is 436 g/mol. The summed E-state index contributed by atoms with van der Waals surface area (Å²) in [5, 5.41) is 13.6. The fraction of sp³-hybridized carbons (Fsp3) is 0.476. The van der Waals surface area contributed by atoms with E-state index in [2.05, 4.69) is 15.3 Å². The van der Waals surface area contributed by atoms with Gasteiger partial charge in [0.25, 0.3) is 5.91 Å². The molecule has 0 aliphatic heterocycles. The fourth-order valence-electron chi connectivity index (χ4n) is 3.77. The minimum atomic E-state index is -0.871. The van der Waals surface area contributed by atoms with E-state index in [-0.39, 0.29) is 23.2 Å². The van der Waals surface area contributed by atoms with E-state index in [9.17, 15) is 9.90 Å². The van der Waals surface area contributed by atoms with E-state index in [0.29, 0.717) is 16.4 Å². The van der Waals surface area contributed by atoms with Crippen LogP contribution in [0.15, 0.2) is 30.5 Å². The van der Waals surface area contributed by atoms with Crippen LogP contribution >= 0.6 is 23.2 Å². The molecule has 1 fully saturated rings. The molecule has 3 rings (SSSR count). The predicted octanol–water partition coefficient (Wildman–Crippen LogP) is 4.96. The summed E-state index contributed by atoms with van der Waals surface area (Å²) in [7, 11) is 0. The molecule has 1 unspecified atom stereocenters.